The van der Waals surface area contributed by atoms with Gasteiger partial charge in [0.1, 0.15) is 11.4 Å². The second-order valence-corrected chi connectivity index (χ2v) is 3.81. The average molecular weight is 258 g/mol. The minimum absolute atomic E-state index is 0.0893. The van der Waals surface area contributed by atoms with Crippen LogP contribution in [0.25, 0.3) is 0 Å². The van der Waals surface area contributed by atoms with Gasteiger partial charge in [-0.15, -0.1) is 0 Å². The van der Waals surface area contributed by atoms with Crippen molar-refractivity contribution in [2.45, 2.75) is 13.3 Å². The third-order valence-electron chi connectivity index (χ3n) is 2.54. The highest BCUT2D eigenvalue weighted by molar-refractivity contribution is 5.95. The van der Waals surface area contributed by atoms with Gasteiger partial charge in [-0.1, -0.05) is 24.2 Å². The standard InChI is InChI=1S/C13H14N4O2/c1-2-9-3-5-10(6-4-9)19-13-15-8-7-11(16-13)12(14)17-18/h3-8,18H,2H2,1H3,(H2,14,17). The Morgan fingerprint density at radius 2 is 2.05 bits per heavy atom. The molecule has 0 saturated heterocycles. The summed E-state index contributed by atoms with van der Waals surface area (Å²) in [6.45, 7) is 2.08. The van der Waals surface area contributed by atoms with Crippen molar-refractivity contribution in [3.8, 4) is 11.8 Å². The van der Waals surface area contributed by atoms with E-state index < -0.39 is 0 Å². The lowest BCUT2D eigenvalue weighted by atomic mass is 10.2. The van der Waals surface area contributed by atoms with Gasteiger partial charge in [0.25, 0.3) is 0 Å². The Morgan fingerprint density at radius 3 is 2.68 bits per heavy atom. The van der Waals surface area contributed by atoms with Crippen LogP contribution in [0, 0.1) is 0 Å². The van der Waals surface area contributed by atoms with Crippen molar-refractivity contribution < 1.29 is 9.94 Å². The van der Waals surface area contributed by atoms with Crippen molar-refractivity contribution in [2.24, 2.45) is 10.9 Å². The topological polar surface area (TPSA) is 93.6 Å². The summed E-state index contributed by atoms with van der Waals surface area (Å²) in [5.41, 5.74) is 6.97. The maximum Gasteiger partial charge on any atom is 0.322 e. The third-order valence-corrected chi connectivity index (χ3v) is 2.54. The molecular weight excluding hydrogens is 244 g/mol. The molecule has 0 fully saturated rings. The van der Waals surface area contributed by atoms with Gasteiger partial charge in [0.2, 0.25) is 0 Å². The van der Waals surface area contributed by atoms with E-state index in [2.05, 4.69) is 22.0 Å². The highest BCUT2D eigenvalue weighted by Crippen LogP contribution is 2.18. The van der Waals surface area contributed by atoms with E-state index >= 15 is 0 Å². The van der Waals surface area contributed by atoms with E-state index in [1.807, 2.05) is 24.3 Å². The number of hydrogen-bond acceptors (Lipinski definition) is 5. The van der Waals surface area contributed by atoms with Crippen LogP contribution in [-0.4, -0.2) is 21.0 Å². The molecule has 0 spiro atoms. The minimum Gasteiger partial charge on any atom is -0.424 e. The molecule has 0 unspecified atom stereocenters. The van der Waals surface area contributed by atoms with Crippen LogP contribution >= 0.6 is 0 Å². The first-order valence-corrected chi connectivity index (χ1v) is 5.80. The first-order valence-electron chi connectivity index (χ1n) is 5.80. The first-order chi connectivity index (χ1) is 9.22. The normalized spacial score (nSPS) is 11.3. The summed E-state index contributed by atoms with van der Waals surface area (Å²) >= 11 is 0. The lowest BCUT2D eigenvalue weighted by Gasteiger charge is -2.05. The van der Waals surface area contributed by atoms with Crippen LogP contribution in [0.1, 0.15) is 18.2 Å². The van der Waals surface area contributed by atoms with Crippen LogP contribution in [-0.2, 0) is 6.42 Å². The van der Waals surface area contributed by atoms with E-state index in [-0.39, 0.29) is 11.8 Å². The molecule has 0 bridgehead atoms. The molecule has 0 aliphatic carbocycles. The summed E-state index contributed by atoms with van der Waals surface area (Å²) < 4.78 is 5.50. The third kappa shape index (κ3) is 3.19. The lowest BCUT2D eigenvalue weighted by Crippen LogP contribution is -2.15. The molecule has 0 saturated carbocycles. The van der Waals surface area contributed by atoms with Crippen molar-refractivity contribution >= 4 is 5.84 Å². The summed E-state index contributed by atoms with van der Waals surface area (Å²) in [5.74, 6) is 0.544. The second-order valence-electron chi connectivity index (χ2n) is 3.81. The predicted octanol–water partition coefficient (Wildman–Crippen LogP) is 1.93. The molecule has 0 radical (unpaired) electrons. The van der Waals surface area contributed by atoms with Crippen LogP contribution in [0.5, 0.6) is 11.8 Å². The van der Waals surface area contributed by atoms with Gasteiger partial charge in [-0.2, -0.15) is 4.98 Å². The summed E-state index contributed by atoms with van der Waals surface area (Å²) in [5, 5.41) is 11.5. The van der Waals surface area contributed by atoms with E-state index in [0.717, 1.165) is 6.42 Å². The van der Waals surface area contributed by atoms with Crippen LogP contribution < -0.4 is 10.5 Å². The van der Waals surface area contributed by atoms with Crippen molar-refractivity contribution in [1.82, 2.24) is 9.97 Å². The first kappa shape index (κ1) is 12.8. The monoisotopic (exact) mass is 258 g/mol. The van der Waals surface area contributed by atoms with Crippen LogP contribution in [0.3, 0.4) is 0 Å². The fourth-order valence-corrected chi connectivity index (χ4v) is 1.48. The van der Waals surface area contributed by atoms with E-state index in [1.165, 1.54) is 17.8 Å². The highest BCUT2D eigenvalue weighted by atomic mass is 16.5. The number of hydrogen-bond donors (Lipinski definition) is 2. The molecule has 19 heavy (non-hydrogen) atoms. The fourth-order valence-electron chi connectivity index (χ4n) is 1.48. The van der Waals surface area contributed by atoms with E-state index in [0.29, 0.717) is 11.4 Å². The zero-order valence-electron chi connectivity index (χ0n) is 10.4. The Morgan fingerprint density at radius 1 is 1.32 bits per heavy atom. The molecule has 6 heteroatoms. The maximum atomic E-state index is 8.59. The largest absolute Gasteiger partial charge is 0.424 e. The zero-order chi connectivity index (χ0) is 13.7. The summed E-state index contributed by atoms with van der Waals surface area (Å²) in [6.07, 6.45) is 2.45. The number of rotatable bonds is 4. The molecule has 1 aromatic carbocycles. The van der Waals surface area contributed by atoms with Gasteiger partial charge in [0.05, 0.1) is 0 Å². The van der Waals surface area contributed by atoms with Crippen molar-refractivity contribution in [1.29, 1.82) is 0 Å². The number of nitrogens with zero attached hydrogens (tertiary/aromatic N) is 3. The Kier molecular flexibility index (Phi) is 3.92. The van der Waals surface area contributed by atoms with Gasteiger partial charge in [-0.3, -0.25) is 0 Å². The number of amidine groups is 1. The fraction of sp³-hybridized carbons (Fsp3) is 0.154. The predicted molar refractivity (Wildman–Crippen MR) is 70.4 cm³/mol. The Hall–Kier alpha value is -2.63. The Bertz CT molecular complexity index is 581. The molecule has 1 heterocycles. The molecule has 6 nitrogen and oxygen atoms in total. The van der Waals surface area contributed by atoms with Gasteiger partial charge >= 0.3 is 6.01 Å². The van der Waals surface area contributed by atoms with Crippen molar-refractivity contribution in [2.75, 3.05) is 0 Å². The maximum absolute atomic E-state index is 8.59. The molecule has 0 atom stereocenters. The quantitative estimate of drug-likeness (QED) is 0.378. The van der Waals surface area contributed by atoms with Crippen LogP contribution in [0.2, 0.25) is 0 Å². The summed E-state index contributed by atoms with van der Waals surface area (Å²) in [4.78, 5) is 8.00. The van der Waals surface area contributed by atoms with Crippen molar-refractivity contribution in [3.63, 3.8) is 0 Å². The van der Waals surface area contributed by atoms with Crippen LogP contribution in [0.15, 0.2) is 41.7 Å². The second kappa shape index (κ2) is 5.81. The van der Waals surface area contributed by atoms with Gasteiger partial charge in [0.15, 0.2) is 5.84 Å². The number of aromatic nitrogens is 2. The zero-order valence-corrected chi connectivity index (χ0v) is 10.4. The van der Waals surface area contributed by atoms with Crippen LogP contribution in [0.4, 0.5) is 0 Å². The average Bonchev–Trinajstić information content (AvgIpc) is 2.47. The highest BCUT2D eigenvalue weighted by Gasteiger charge is 2.05. The molecule has 0 aliphatic rings. The number of nitrogens with two attached hydrogens (primary N) is 1. The van der Waals surface area contributed by atoms with Gasteiger partial charge in [-0.05, 0) is 30.2 Å². The lowest BCUT2D eigenvalue weighted by molar-refractivity contribution is 0.318. The molecule has 0 aliphatic heterocycles. The Labute approximate surface area is 110 Å². The SMILES string of the molecule is CCc1ccc(Oc2nccc(/C(N)=N/O)n2)cc1. The molecule has 2 rings (SSSR count). The smallest absolute Gasteiger partial charge is 0.322 e. The molecule has 98 valence electrons. The number of aryl methyl sites for hydroxylation is 1. The van der Waals surface area contributed by atoms with Gasteiger partial charge < -0.3 is 15.7 Å². The molecule has 0 amide bonds. The minimum atomic E-state index is -0.0893. The Balaban J connectivity index is 2.18. The number of ether oxygens (including phenoxy) is 1. The van der Waals surface area contributed by atoms with E-state index in [1.54, 1.807) is 0 Å². The molecule has 1 aromatic heterocycles. The van der Waals surface area contributed by atoms with E-state index in [4.69, 9.17) is 15.7 Å². The molecule has 2 aromatic rings. The van der Waals surface area contributed by atoms with Gasteiger partial charge in [-0.25, -0.2) is 4.98 Å². The summed E-state index contributed by atoms with van der Waals surface area (Å²) in [7, 11) is 0. The number of oxime groups is 1. The van der Waals surface area contributed by atoms with Gasteiger partial charge in [0, 0.05) is 6.20 Å². The van der Waals surface area contributed by atoms with E-state index in [9.17, 15) is 0 Å². The number of benzene rings is 1. The summed E-state index contributed by atoms with van der Waals surface area (Å²) in [6, 6.07) is 9.32. The van der Waals surface area contributed by atoms with Crippen molar-refractivity contribution in [3.05, 3.63) is 47.8 Å². The molecular formula is C13H14N4O2. The molecule has 3 N–H and O–H groups in total.